The first-order chi connectivity index (χ1) is 47.2. The molecule has 60 heavy (non-hydrogen) atoms. The van der Waals surface area contributed by atoms with E-state index in [1.807, 2.05) is 0 Å². The molecule has 0 saturated heterocycles. The van der Waals surface area contributed by atoms with Crippen LogP contribution in [0.1, 0.15) is 109 Å². The molecule has 0 unspecified atom stereocenters. The van der Waals surface area contributed by atoms with Crippen molar-refractivity contribution in [3.05, 3.63) is 210 Å². The van der Waals surface area contributed by atoms with Gasteiger partial charge in [-0.1, -0.05) is 172 Å². The summed E-state index contributed by atoms with van der Waals surface area (Å²) in [6, 6.07) is -39.7. The smallest absolute Gasteiger partial charge is 0.143 e. The van der Waals surface area contributed by atoms with Gasteiger partial charge in [-0.3, -0.25) is 0 Å². The minimum Gasteiger partial charge on any atom is -0.455 e. The number of fused-ring (bicyclic) bond motifs is 11. The number of para-hydroxylation sites is 1. The quantitative estimate of drug-likeness (QED) is 0.172. The second-order valence-corrected chi connectivity index (χ2v) is 13.5. The Bertz CT molecular complexity index is 5390. The lowest BCUT2D eigenvalue weighted by Gasteiger charge is -2.30. The Morgan fingerprint density at radius 2 is 0.850 bits per heavy atom. The molecule has 2 aliphatic carbocycles. The highest BCUT2D eigenvalue weighted by molar-refractivity contribution is 6.20. The Hall–Kier alpha value is -7.16. The van der Waals surface area contributed by atoms with Gasteiger partial charge in [0.2, 0.25) is 0 Å². The molecular weight excluding hydrogens is 727 g/mol. The summed E-state index contributed by atoms with van der Waals surface area (Å²) in [4.78, 5) is -0.0419. The molecule has 10 aromatic rings. The molecule has 12 rings (SSSR count). The molecule has 0 saturated carbocycles. The van der Waals surface area contributed by atoms with Gasteiger partial charge < -0.3 is 9.32 Å². The number of hydrogen-bond acceptors (Lipinski definition) is 2. The van der Waals surface area contributed by atoms with Crippen molar-refractivity contribution in [1.29, 1.82) is 0 Å². The van der Waals surface area contributed by atoms with Crippen molar-refractivity contribution in [3.8, 4) is 44.5 Å². The van der Waals surface area contributed by atoms with Gasteiger partial charge in [0.05, 0.1) is 42.5 Å². The van der Waals surface area contributed by atoms with Crippen LogP contribution in [0.2, 0.25) is 0 Å². The topological polar surface area (TPSA) is 16.4 Å². The Balaban J connectivity index is 1.33. The van der Waals surface area contributed by atoms with Crippen LogP contribution in [0.5, 0.6) is 0 Å². The number of nitrogens with zero attached hydrogens (tertiary/aromatic N) is 1. The fourth-order valence-electron chi connectivity index (χ4n) is 7.48. The summed E-state index contributed by atoms with van der Waals surface area (Å²) in [6.45, 7) is -16.8. The van der Waals surface area contributed by atoms with Crippen LogP contribution < -0.4 is 4.90 Å². The minimum absolute atomic E-state index is 0.0419. The number of hydrogen-bond donors (Lipinski definition) is 0. The maximum Gasteiger partial charge on any atom is 0.143 e. The Kier molecular flexibility index (Phi) is 2.63. The SMILES string of the molecule is [2H]c1c([2H])c([2H])c(-c2c([2H])c([2H])c([2H])c3c2oc2c4c([2H])c([2H])c([2H])c([2H])c4c(-c4c([2H])c([2H])c(N(c5c([2H])c([2H])c6c(c5[2H])C(C([2H])([2H])[2H])(C([2H])([2H])[2H])c5c([2H])c([2H])c([2H])c([2H])c5-6)c5c([2H])c([2H])c6c(c5[2H])C(C([2H])([2H])[2H])(C([2H])([2H])[2H])c5c([2H])c([2H])c([2H])c([2H])c5-6)c([2H])c4[2H])c([2H])c23)c([2H])c1[2H]. The monoisotopic (exact) mass is 813 g/mol. The lowest BCUT2D eigenvalue weighted by molar-refractivity contribution is 0.660. The van der Waals surface area contributed by atoms with Gasteiger partial charge in [0.25, 0.3) is 0 Å². The van der Waals surface area contributed by atoms with Gasteiger partial charge in [0, 0.05) is 66.1 Å². The van der Waals surface area contributed by atoms with Crippen LogP contribution >= 0.6 is 0 Å². The highest BCUT2D eigenvalue weighted by atomic mass is 16.3. The van der Waals surface area contributed by atoms with Gasteiger partial charge in [-0.05, 0) is 109 Å². The zero-order valence-corrected chi connectivity index (χ0v) is 29.9. The molecule has 1 aromatic heterocycles. The molecule has 0 bridgehead atoms. The average Bonchev–Trinajstić information content (AvgIpc) is 1.51. The third-order valence-corrected chi connectivity index (χ3v) is 10.2. The Labute approximate surface area is 411 Å². The van der Waals surface area contributed by atoms with Crippen molar-refractivity contribution >= 4 is 49.8 Å². The summed E-state index contributed by atoms with van der Waals surface area (Å²) in [5, 5.41) is -3.28. The summed E-state index contributed by atoms with van der Waals surface area (Å²) in [7, 11) is 0. The van der Waals surface area contributed by atoms with Gasteiger partial charge in [-0.25, -0.2) is 0 Å². The van der Waals surface area contributed by atoms with Gasteiger partial charge in [-0.15, -0.1) is 0 Å². The summed E-state index contributed by atoms with van der Waals surface area (Å²) >= 11 is 0. The number of furan rings is 1. The molecule has 2 aliphatic rings. The lowest BCUT2D eigenvalue weighted by atomic mass is 9.82. The zero-order chi connectivity index (χ0) is 77.3. The van der Waals surface area contributed by atoms with E-state index in [1.54, 1.807) is 0 Å². The van der Waals surface area contributed by atoms with Crippen molar-refractivity contribution < 1.29 is 63.4 Å². The van der Waals surface area contributed by atoms with Gasteiger partial charge in [-0.2, -0.15) is 0 Å². The molecule has 0 spiro atoms. The van der Waals surface area contributed by atoms with Crippen LogP contribution in [0.4, 0.5) is 17.1 Å². The normalized spacial score (nSPS) is 25.3. The average molecular weight is 813 g/mol. The van der Waals surface area contributed by atoms with E-state index in [2.05, 4.69) is 0 Å². The molecule has 0 aliphatic heterocycles. The Morgan fingerprint density at radius 1 is 0.367 bits per heavy atom. The molecule has 286 valence electrons. The van der Waals surface area contributed by atoms with E-state index in [0.717, 1.165) is 0 Å². The summed E-state index contributed by atoms with van der Waals surface area (Å²) in [5.41, 5.74) is -28.4. The first kappa shape index (κ1) is 12.4. The minimum atomic E-state index is -4.19. The predicted molar refractivity (Wildman–Crippen MR) is 252 cm³/mol. The summed E-state index contributed by atoms with van der Waals surface area (Å²) in [5.74, 6) is 0. The van der Waals surface area contributed by atoms with Crippen LogP contribution in [0.25, 0.3) is 77.2 Å². The molecule has 2 heteroatoms. The van der Waals surface area contributed by atoms with Crippen LogP contribution in [-0.4, -0.2) is 0 Å². The molecule has 0 amide bonds. The largest absolute Gasteiger partial charge is 0.455 e. The molecule has 0 radical (unpaired) electrons. The molecule has 2 nitrogen and oxygen atoms in total. The van der Waals surface area contributed by atoms with E-state index in [-0.39, 0.29) is 4.90 Å². The third kappa shape index (κ3) is 4.94. The molecule has 9 aromatic carbocycles. The van der Waals surface area contributed by atoms with Crippen LogP contribution in [-0.2, 0) is 10.8 Å². The number of anilines is 3. The summed E-state index contributed by atoms with van der Waals surface area (Å²) in [6.07, 6.45) is 0. The zero-order valence-electron chi connectivity index (χ0n) is 72.9. The van der Waals surface area contributed by atoms with Gasteiger partial charge in [0.15, 0.2) is 0 Å². The van der Waals surface area contributed by atoms with Crippen molar-refractivity contribution in [3.63, 3.8) is 0 Å². The fraction of sp³-hybridized carbons (Fsp3) is 0.103. The van der Waals surface area contributed by atoms with Crippen molar-refractivity contribution in [2.24, 2.45) is 0 Å². The number of benzene rings is 9. The van der Waals surface area contributed by atoms with E-state index >= 15 is 0 Å². The first-order valence-electron chi connectivity index (χ1n) is 39.1. The van der Waals surface area contributed by atoms with Crippen LogP contribution in [0.3, 0.4) is 0 Å². The second-order valence-electron chi connectivity index (χ2n) is 13.5. The van der Waals surface area contributed by atoms with E-state index < -0.39 is 342 Å². The summed E-state index contributed by atoms with van der Waals surface area (Å²) < 4.78 is 403. The maximum absolute atomic E-state index is 10.3. The van der Waals surface area contributed by atoms with E-state index in [9.17, 15) is 19.2 Å². The maximum atomic E-state index is 10.3. The molecule has 0 atom stereocenters. The standard InChI is InChI=1S/C58H43NO/c1-57(2)51-23-12-10-18-43(51)45-31-29-39(33-53(45)57)59(40-30-32-46-44-19-11-13-24-52(44)58(3,4)54(46)34-40)38-27-25-37(26-28-38)49-35-50-48-22-14-21-41(36-15-6-5-7-16-36)55(48)60-56(50)47-20-9-8-17-42(47)49/h5-35H,1-4H3/i1D3,2D3,3D3,4D3,5D,6D,7D,8D,9D,10D,11D,12D,13D,14D,15D,16D,17D,18D,19D,20D,21D,22D,23D,24D,25D,26D,27D,28D,29D,30D,31D,32D,33D,34D,35D. The molecule has 1 heterocycles. The van der Waals surface area contributed by atoms with E-state index in [1.165, 1.54) is 0 Å². The van der Waals surface area contributed by atoms with Crippen molar-refractivity contribution in [1.82, 2.24) is 0 Å². The van der Waals surface area contributed by atoms with Crippen molar-refractivity contribution in [2.75, 3.05) is 4.90 Å². The number of rotatable bonds is 5. The highest BCUT2D eigenvalue weighted by Crippen LogP contribution is 2.53. The molecular formula is C58H43NO. The van der Waals surface area contributed by atoms with Crippen LogP contribution in [0.15, 0.2) is 192 Å². The first-order valence-corrected chi connectivity index (χ1v) is 17.6. The van der Waals surface area contributed by atoms with Gasteiger partial charge in [0.1, 0.15) is 11.2 Å². The Morgan fingerprint density at radius 3 is 1.48 bits per heavy atom. The highest BCUT2D eigenvalue weighted by Gasteiger charge is 2.37. The van der Waals surface area contributed by atoms with E-state index in [0.29, 0.717) is 0 Å². The third-order valence-electron chi connectivity index (χ3n) is 10.2. The van der Waals surface area contributed by atoms with Crippen molar-refractivity contribution in [2.45, 2.75) is 38.2 Å². The van der Waals surface area contributed by atoms with Gasteiger partial charge >= 0.3 is 0 Å². The molecule has 0 N–H and O–H groups in total. The van der Waals surface area contributed by atoms with E-state index in [4.69, 9.17) is 44.2 Å². The molecule has 0 fully saturated rings. The second kappa shape index (κ2) is 12.7. The predicted octanol–water partition coefficient (Wildman–Crippen LogP) is 16.2. The fourth-order valence-corrected chi connectivity index (χ4v) is 7.48. The lowest BCUT2D eigenvalue weighted by Crippen LogP contribution is -2.18. The van der Waals surface area contributed by atoms with Crippen LogP contribution in [0, 0.1) is 0 Å².